The molecule has 1 aliphatic heterocycles. The zero-order valence-electron chi connectivity index (χ0n) is 11.0. The number of nitrogens with one attached hydrogen (secondary N) is 2. The molecule has 1 heterocycles. The van der Waals surface area contributed by atoms with Gasteiger partial charge in [-0.2, -0.15) is 0 Å². The maximum atomic E-state index is 11.7. The molecule has 0 aromatic carbocycles. The molecule has 1 rings (SSSR count). The molecule has 1 unspecified atom stereocenters. The normalized spacial score (nSPS) is 16.4. The third kappa shape index (κ3) is 5.41. The van der Waals surface area contributed by atoms with Crippen LogP contribution in [-0.4, -0.2) is 78.5 Å². The molecule has 9 nitrogen and oxygen atoms in total. The minimum absolute atomic E-state index is 0.0921. The van der Waals surface area contributed by atoms with Gasteiger partial charge in [0.05, 0.1) is 19.8 Å². The Labute approximate surface area is 115 Å². The average Bonchev–Trinajstić information content (AvgIpc) is 2.45. The van der Waals surface area contributed by atoms with Crippen LogP contribution in [0.3, 0.4) is 0 Å². The molecule has 1 fully saturated rings. The van der Waals surface area contributed by atoms with Crippen molar-refractivity contribution in [1.82, 2.24) is 15.5 Å². The second-order valence-corrected chi connectivity index (χ2v) is 4.22. The number of rotatable bonds is 6. The summed E-state index contributed by atoms with van der Waals surface area (Å²) in [7, 11) is 0. The van der Waals surface area contributed by atoms with E-state index in [4.69, 9.17) is 14.9 Å². The standard InChI is InChI=1S/C11H19N3O6/c15-7-8(10(17)18)13-11(19)12-2-1-9(16)14-3-5-20-6-4-14/h8,15H,1-7H2,(H,17,18)(H2,12,13,19). The first-order valence-corrected chi connectivity index (χ1v) is 6.28. The van der Waals surface area contributed by atoms with Crippen molar-refractivity contribution in [3.8, 4) is 0 Å². The third-order valence-corrected chi connectivity index (χ3v) is 2.77. The lowest BCUT2D eigenvalue weighted by Crippen LogP contribution is -2.48. The minimum Gasteiger partial charge on any atom is -0.480 e. The van der Waals surface area contributed by atoms with Crippen LogP contribution in [0, 0.1) is 0 Å². The van der Waals surface area contributed by atoms with Gasteiger partial charge in [-0.05, 0) is 0 Å². The van der Waals surface area contributed by atoms with Gasteiger partial charge in [-0.25, -0.2) is 9.59 Å². The zero-order valence-corrected chi connectivity index (χ0v) is 11.0. The summed E-state index contributed by atoms with van der Waals surface area (Å²) in [5.74, 6) is -1.42. The van der Waals surface area contributed by atoms with Gasteiger partial charge >= 0.3 is 12.0 Å². The Morgan fingerprint density at radius 1 is 1.25 bits per heavy atom. The van der Waals surface area contributed by atoms with E-state index in [1.165, 1.54) is 0 Å². The molecule has 1 aliphatic rings. The van der Waals surface area contributed by atoms with Crippen molar-refractivity contribution < 1.29 is 29.3 Å². The van der Waals surface area contributed by atoms with Gasteiger partial charge in [-0.1, -0.05) is 0 Å². The van der Waals surface area contributed by atoms with E-state index < -0.39 is 24.6 Å². The largest absolute Gasteiger partial charge is 0.480 e. The number of carbonyl (C=O) groups excluding carboxylic acids is 2. The number of urea groups is 1. The predicted octanol–water partition coefficient (Wildman–Crippen LogP) is -2.02. The van der Waals surface area contributed by atoms with Gasteiger partial charge in [0.15, 0.2) is 6.04 Å². The molecule has 0 aliphatic carbocycles. The van der Waals surface area contributed by atoms with E-state index in [9.17, 15) is 14.4 Å². The maximum absolute atomic E-state index is 11.7. The van der Waals surface area contributed by atoms with Crippen molar-refractivity contribution in [2.45, 2.75) is 12.5 Å². The quantitative estimate of drug-likeness (QED) is 0.447. The highest BCUT2D eigenvalue weighted by molar-refractivity contribution is 5.83. The van der Waals surface area contributed by atoms with Crippen molar-refractivity contribution in [2.75, 3.05) is 39.5 Å². The number of hydrogen-bond donors (Lipinski definition) is 4. The van der Waals surface area contributed by atoms with Gasteiger partial charge in [0.1, 0.15) is 0 Å². The van der Waals surface area contributed by atoms with Crippen LogP contribution in [0.1, 0.15) is 6.42 Å². The van der Waals surface area contributed by atoms with Crippen LogP contribution < -0.4 is 10.6 Å². The van der Waals surface area contributed by atoms with Gasteiger partial charge in [-0.15, -0.1) is 0 Å². The first-order chi connectivity index (χ1) is 9.54. The molecule has 114 valence electrons. The number of nitrogens with zero attached hydrogens (tertiary/aromatic N) is 1. The van der Waals surface area contributed by atoms with Crippen molar-refractivity contribution in [1.29, 1.82) is 0 Å². The Kier molecular flexibility index (Phi) is 6.74. The van der Waals surface area contributed by atoms with E-state index in [0.29, 0.717) is 26.3 Å². The monoisotopic (exact) mass is 289 g/mol. The van der Waals surface area contributed by atoms with Gasteiger partial charge < -0.3 is 30.5 Å². The number of aliphatic hydroxyl groups excluding tert-OH is 1. The van der Waals surface area contributed by atoms with Crippen LogP contribution in [0.15, 0.2) is 0 Å². The number of morpholine rings is 1. The summed E-state index contributed by atoms with van der Waals surface area (Å²) in [5, 5.41) is 21.8. The second-order valence-electron chi connectivity index (χ2n) is 4.22. The molecule has 1 atom stereocenters. The Balaban J connectivity index is 2.20. The molecule has 0 saturated carbocycles. The zero-order chi connectivity index (χ0) is 15.0. The molecule has 9 heteroatoms. The van der Waals surface area contributed by atoms with Crippen LogP contribution in [0.4, 0.5) is 4.79 Å². The van der Waals surface area contributed by atoms with Gasteiger partial charge in [-0.3, -0.25) is 4.79 Å². The summed E-state index contributed by atoms with van der Waals surface area (Å²) < 4.78 is 5.12. The summed E-state index contributed by atoms with van der Waals surface area (Å²) in [6.07, 6.45) is 0.129. The molecule has 3 amide bonds. The van der Waals surface area contributed by atoms with E-state index in [-0.39, 0.29) is 18.9 Å². The number of carboxylic acids is 1. The second kappa shape index (κ2) is 8.33. The fourth-order valence-corrected chi connectivity index (χ4v) is 1.65. The molecule has 0 aromatic rings. The van der Waals surface area contributed by atoms with E-state index in [0.717, 1.165) is 0 Å². The smallest absolute Gasteiger partial charge is 0.328 e. The molecular formula is C11H19N3O6. The maximum Gasteiger partial charge on any atom is 0.328 e. The Morgan fingerprint density at radius 2 is 1.90 bits per heavy atom. The first kappa shape index (κ1) is 16.2. The summed E-state index contributed by atoms with van der Waals surface area (Å²) in [6.45, 7) is 1.50. The number of hydrogen-bond acceptors (Lipinski definition) is 5. The summed E-state index contributed by atoms with van der Waals surface area (Å²) in [4.78, 5) is 35.3. The molecule has 0 radical (unpaired) electrons. The van der Waals surface area contributed by atoms with E-state index >= 15 is 0 Å². The Hall–Kier alpha value is -1.87. The molecule has 20 heavy (non-hydrogen) atoms. The lowest BCUT2D eigenvalue weighted by Gasteiger charge is -2.26. The highest BCUT2D eigenvalue weighted by Crippen LogP contribution is 1.99. The number of aliphatic carboxylic acids is 1. The van der Waals surface area contributed by atoms with Crippen molar-refractivity contribution >= 4 is 17.9 Å². The first-order valence-electron chi connectivity index (χ1n) is 6.28. The van der Waals surface area contributed by atoms with Gasteiger partial charge in [0.2, 0.25) is 5.91 Å². The van der Waals surface area contributed by atoms with Crippen molar-refractivity contribution in [2.24, 2.45) is 0 Å². The van der Waals surface area contributed by atoms with Crippen LogP contribution in [0.2, 0.25) is 0 Å². The molecule has 4 N–H and O–H groups in total. The molecule has 0 bridgehead atoms. The molecular weight excluding hydrogens is 270 g/mol. The minimum atomic E-state index is -1.36. The highest BCUT2D eigenvalue weighted by atomic mass is 16.5. The lowest BCUT2D eigenvalue weighted by molar-refractivity contribution is -0.140. The van der Waals surface area contributed by atoms with Crippen LogP contribution >= 0.6 is 0 Å². The third-order valence-electron chi connectivity index (χ3n) is 2.77. The molecule has 0 spiro atoms. The SMILES string of the molecule is O=C(NCCC(=O)N1CCOCC1)NC(CO)C(=O)O. The Bertz CT molecular complexity index is 356. The van der Waals surface area contributed by atoms with Crippen LogP contribution in [0.25, 0.3) is 0 Å². The number of carboxylic acid groups (broad SMARTS) is 1. The Morgan fingerprint density at radius 3 is 2.45 bits per heavy atom. The topological polar surface area (TPSA) is 128 Å². The van der Waals surface area contributed by atoms with Crippen LogP contribution in [-0.2, 0) is 14.3 Å². The van der Waals surface area contributed by atoms with Gasteiger partial charge in [0.25, 0.3) is 0 Å². The van der Waals surface area contributed by atoms with Gasteiger partial charge in [0, 0.05) is 26.1 Å². The molecule has 1 saturated heterocycles. The van der Waals surface area contributed by atoms with Crippen molar-refractivity contribution in [3.05, 3.63) is 0 Å². The summed E-state index contributed by atoms with van der Waals surface area (Å²) in [5.41, 5.74) is 0. The van der Waals surface area contributed by atoms with E-state index in [1.54, 1.807) is 4.90 Å². The number of carbonyl (C=O) groups is 3. The molecule has 0 aromatic heterocycles. The fraction of sp³-hybridized carbons (Fsp3) is 0.727. The lowest BCUT2D eigenvalue weighted by atomic mass is 10.3. The van der Waals surface area contributed by atoms with Crippen LogP contribution in [0.5, 0.6) is 0 Å². The average molecular weight is 289 g/mol. The number of amides is 3. The predicted molar refractivity (Wildman–Crippen MR) is 67.1 cm³/mol. The number of ether oxygens (including phenoxy) is 1. The fourth-order valence-electron chi connectivity index (χ4n) is 1.65. The van der Waals surface area contributed by atoms with Crippen molar-refractivity contribution in [3.63, 3.8) is 0 Å². The summed E-state index contributed by atoms with van der Waals surface area (Å²) >= 11 is 0. The summed E-state index contributed by atoms with van der Waals surface area (Å²) in [6, 6.07) is -2.09. The highest BCUT2D eigenvalue weighted by Gasteiger charge is 2.19. The van der Waals surface area contributed by atoms with E-state index in [1.807, 2.05) is 0 Å². The number of aliphatic hydroxyl groups is 1. The van der Waals surface area contributed by atoms with E-state index in [2.05, 4.69) is 10.6 Å².